The van der Waals surface area contributed by atoms with Crippen molar-refractivity contribution in [3.63, 3.8) is 0 Å². The minimum absolute atomic E-state index is 0.0508. The van der Waals surface area contributed by atoms with Crippen LogP contribution in [0.3, 0.4) is 0 Å². The summed E-state index contributed by atoms with van der Waals surface area (Å²) in [6, 6.07) is 9.62. The van der Waals surface area contributed by atoms with E-state index in [1.54, 1.807) is 0 Å². The first-order chi connectivity index (χ1) is 10.0. The number of thiophene rings is 1. The van der Waals surface area contributed by atoms with Crippen LogP contribution in [0.5, 0.6) is 0 Å². The summed E-state index contributed by atoms with van der Waals surface area (Å²) in [4.78, 5) is 23.3. The number of rotatable bonds is 5. The number of esters is 1. The van der Waals surface area contributed by atoms with E-state index in [0.29, 0.717) is 11.5 Å². The molecule has 1 aromatic carbocycles. The molecule has 110 valence electrons. The smallest absolute Gasteiger partial charge is 0.343 e. The molecule has 0 radical (unpaired) electrons. The highest BCUT2D eigenvalue weighted by Crippen LogP contribution is 2.36. The summed E-state index contributed by atoms with van der Waals surface area (Å²) in [5.74, 6) is -1.28. The molecule has 0 spiro atoms. The predicted molar refractivity (Wildman–Crippen MR) is 82.4 cm³/mol. The van der Waals surface area contributed by atoms with Crippen LogP contribution in [0.1, 0.15) is 25.6 Å². The fourth-order valence-corrected chi connectivity index (χ4v) is 2.79. The molecule has 0 unspecified atom stereocenters. The lowest BCUT2D eigenvalue weighted by molar-refractivity contribution is 0.0603. The number of methoxy groups -OCH3 is 1. The first-order valence-electron chi connectivity index (χ1n) is 6.12. The number of primary amides is 1. The fourth-order valence-electron chi connectivity index (χ4n) is 1.83. The third kappa shape index (κ3) is 3.14. The van der Waals surface area contributed by atoms with Crippen LogP contribution in [-0.4, -0.2) is 19.0 Å². The Kier molecular flexibility index (Phi) is 4.44. The summed E-state index contributed by atoms with van der Waals surface area (Å²) in [5.41, 5.74) is 12.3. The maximum absolute atomic E-state index is 11.8. The van der Waals surface area contributed by atoms with Gasteiger partial charge in [0, 0.05) is 6.54 Å². The van der Waals surface area contributed by atoms with Crippen molar-refractivity contribution in [1.29, 1.82) is 0 Å². The van der Waals surface area contributed by atoms with Gasteiger partial charge < -0.3 is 21.5 Å². The van der Waals surface area contributed by atoms with Gasteiger partial charge in [-0.2, -0.15) is 0 Å². The van der Waals surface area contributed by atoms with E-state index in [2.05, 4.69) is 5.32 Å². The van der Waals surface area contributed by atoms with E-state index in [1.165, 1.54) is 7.11 Å². The normalized spacial score (nSPS) is 10.1. The Hall–Kier alpha value is -2.54. The van der Waals surface area contributed by atoms with Crippen molar-refractivity contribution < 1.29 is 14.3 Å². The van der Waals surface area contributed by atoms with Crippen LogP contribution in [0.4, 0.5) is 10.7 Å². The lowest BCUT2D eigenvalue weighted by Gasteiger charge is -2.06. The number of carbonyl (C=O) groups excluding carboxylic acids is 2. The zero-order chi connectivity index (χ0) is 15.4. The Bertz CT molecular complexity index is 668. The Balaban J connectivity index is 2.31. The van der Waals surface area contributed by atoms with E-state index in [0.717, 1.165) is 16.9 Å². The van der Waals surface area contributed by atoms with Crippen molar-refractivity contribution in [3.05, 3.63) is 46.3 Å². The molecule has 2 aromatic rings. The van der Waals surface area contributed by atoms with Crippen LogP contribution < -0.4 is 16.8 Å². The standard InChI is InChI=1S/C14H15N3O3S/c1-20-14(19)9-10(15)11(12(16)18)21-13(9)17-7-8-5-3-2-4-6-8/h2-6,17H,7,15H2,1H3,(H2,16,18). The number of hydrogen-bond acceptors (Lipinski definition) is 6. The van der Waals surface area contributed by atoms with Gasteiger partial charge in [-0.05, 0) is 5.56 Å². The van der Waals surface area contributed by atoms with Crippen molar-refractivity contribution in [3.8, 4) is 0 Å². The van der Waals surface area contributed by atoms with Crippen molar-refractivity contribution in [1.82, 2.24) is 0 Å². The van der Waals surface area contributed by atoms with E-state index in [9.17, 15) is 9.59 Å². The maximum atomic E-state index is 11.8. The Morgan fingerprint density at radius 1 is 1.29 bits per heavy atom. The van der Waals surface area contributed by atoms with Gasteiger partial charge >= 0.3 is 5.97 Å². The highest BCUT2D eigenvalue weighted by molar-refractivity contribution is 7.19. The lowest BCUT2D eigenvalue weighted by atomic mass is 10.2. The predicted octanol–water partition coefficient (Wildman–Crippen LogP) is 1.83. The molecule has 0 aliphatic heterocycles. The average molecular weight is 305 g/mol. The monoisotopic (exact) mass is 305 g/mol. The van der Waals surface area contributed by atoms with Gasteiger partial charge in [0.25, 0.3) is 5.91 Å². The first-order valence-corrected chi connectivity index (χ1v) is 6.94. The summed E-state index contributed by atoms with van der Waals surface area (Å²) in [6.07, 6.45) is 0. The van der Waals surface area contributed by atoms with Crippen LogP contribution in [-0.2, 0) is 11.3 Å². The SMILES string of the molecule is COC(=O)c1c(NCc2ccccc2)sc(C(N)=O)c1N. The first kappa shape index (κ1) is 14.9. The van der Waals surface area contributed by atoms with Crippen LogP contribution in [0.25, 0.3) is 0 Å². The largest absolute Gasteiger partial charge is 0.465 e. The molecule has 0 aliphatic rings. The molecular weight excluding hydrogens is 290 g/mol. The van der Waals surface area contributed by atoms with Crippen molar-refractivity contribution in [2.75, 3.05) is 18.2 Å². The van der Waals surface area contributed by atoms with Gasteiger partial charge in [-0.15, -0.1) is 11.3 Å². The molecule has 6 nitrogen and oxygen atoms in total. The summed E-state index contributed by atoms with van der Waals surface area (Å²) in [5, 5.41) is 3.56. The summed E-state index contributed by atoms with van der Waals surface area (Å²) >= 11 is 1.05. The van der Waals surface area contributed by atoms with E-state index < -0.39 is 11.9 Å². The van der Waals surface area contributed by atoms with Gasteiger partial charge in [0.2, 0.25) is 0 Å². The second-order valence-electron chi connectivity index (χ2n) is 4.24. The topological polar surface area (TPSA) is 107 Å². The molecule has 21 heavy (non-hydrogen) atoms. The number of carbonyl (C=O) groups is 2. The highest BCUT2D eigenvalue weighted by Gasteiger charge is 2.24. The van der Waals surface area contributed by atoms with Gasteiger partial charge in [-0.25, -0.2) is 4.79 Å². The zero-order valence-corrected chi connectivity index (χ0v) is 12.2. The quantitative estimate of drug-likeness (QED) is 0.730. The second-order valence-corrected chi connectivity index (χ2v) is 5.26. The lowest BCUT2D eigenvalue weighted by Crippen LogP contribution is -2.12. The zero-order valence-electron chi connectivity index (χ0n) is 11.4. The van der Waals surface area contributed by atoms with Crippen LogP contribution in [0.15, 0.2) is 30.3 Å². The number of benzene rings is 1. The molecule has 7 heteroatoms. The van der Waals surface area contributed by atoms with E-state index in [1.807, 2.05) is 30.3 Å². The van der Waals surface area contributed by atoms with Crippen molar-refractivity contribution in [2.24, 2.45) is 5.73 Å². The fraction of sp³-hybridized carbons (Fsp3) is 0.143. The van der Waals surface area contributed by atoms with Crippen LogP contribution in [0, 0.1) is 0 Å². The molecule has 0 saturated heterocycles. The Morgan fingerprint density at radius 2 is 1.95 bits per heavy atom. The van der Waals surface area contributed by atoms with Crippen LogP contribution >= 0.6 is 11.3 Å². The Morgan fingerprint density at radius 3 is 2.52 bits per heavy atom. The molecule has 0 aliphatic carbocycles. The molecule has 0 bridgehead atoms. The molecular formula is C14H15N3O3S. The van der Waals surface area contributed by atoms with E-state index in [-0.39, 0.29) is 16.1 Å². The Labute approximate surface area is 125 Å². The number of hydrogen-bond donors (Lipinski definition) is 3. The van der Waals surface area contributed by atoms with Gasteiger partial charge in [0.15, 0.2) is 0 Å². The van der Waals surface area contributed by atoms with E-state index >= 15 is 0 Å². The molecule has 0 atom stereocenters. The average Bonchev–Trinajstić information content (AvgIpc) is 2.82. The number of anilines is 2. The van der Waals surface area contributed by atoms with Gasteiger partial charge in [-0.1, -0.05) is 30.3 Å². The second kappa shape index (κ2) is 6.27. The van der Waals surface area contributed by atoms with Crippen molar-refractivity contribution in [2.45, 2.75) is 6.54 Å². The third-order valence-electron chi connectivity index (χ3n) is 2.85. The third-order valence-corrected chi connectivity index (χ3v) is 4.03. The number of nitrogen functional groups attached to an aromatic ring is 1. The molecule has 2 rings (SSSR count). The summed E-state index contributed by atoms with van der Waals surface area (Å²) in [7, 11) is 1.25. The molecule has 0 fully saturated rings. The maximum Gasteiger partial charge on any atom is 0.343 e. The molecule has 0 saturated carbocycles. The van der Waals surface area contributed by atoms with Gasteiger partial charge in [0.1, 0.15) is 15.4 Å². The molecule has 1 aromatic heterocycles. The number of nitrogens with two attached hydrogens (primary N) is 2. The number of ether oxygens (including phenoxy) is 1. The van der Waals surface area contributed by atoms with Gasteiger partial charge in [0.05, 0.1) is 12.8 Å². The number of amides is 1. The molecule has 1 amide bonds. The van der Waals surface area contributed by atoms with Gasteiger partial charge in [-0.3, -0.25) is 4.79 Å². The molecule has 1 heterocycles. The summed E-state index contributed by atoms with van der Waals surface area (Å²) in [6.45, 7) is 0.489. The number of nitrogens with one attached hydrogen (secondary N) is 1. The minimum atomic E-state index is -0.671. The highest BCUT2D eigenvalue weighted by atomic mass is 32.1. The van der Waals surface area contributed by atoms with Crippen molar-refractivity contribution >= 4 is 33.9 Å². The molecule has 5 N–H and O–H groups in total. The van der Waals surface area contributed by atoms with Crippen LogP contribution in [0.2, 0.25) is 0 Å². The van der Waals surface area contributed by atoms with E-state index in [4.69, 9.17) is 16.2 Å². The minimum Gasteiger partial charge on any atom is -0.465 e. The summed E-state index contributed by atoms with van der Waals surface area (Å²) < 4.78 is 4.70.